The van der Waals surface area contributed by atoms with Gasteiger partial charge in [-0.25, -0.2) is 0 Å². The molecule has 64 valence electrons. The lowest BCUT2D eigenvalue weighted by atomic mass is 9.72. The van der Waals surface area contributed by atoms with Crippen LogP contribution in [0.5, 0.6) is 0 Å². The fourth-order valence-electron chi connectivity index (χ4n) is 1.86. The minimum Gasteiger partial charge on any atom is -0.393 e. The van der Waals surface area contributed by atoms with Gasteiger partial charge < -0.3 is 5.11 Å². The highest BCUT2D eigenvalue weighted by molar-refractivity contribution is 4.84. The largest absolute Gasteiger partial charge is 0.393 e. The van der Waals surface area contributed by atoms with Gasteiger partial charge >= 0.3 is 0 Å². The lowest BCUT2D eigenvalue weighted by Gasteiger charge is -2.30. The van der Waals surface area contributed by atoms with Crippen molar-refractivity contribution in [1.29, 1.82) is 0 Å². The van der Waals surface area contributed by atoms with Gasteiger partial charge in [-0.2, -0.15) is 0 Å². The lowest BCUT2D eigenvalue weighted by Crippen LogP contribution is -2.27. The van der Waals surface area contributed by atoms with Gasteiger partial charge in [0.2, 0.25) is 0 Å². The average molecular weight is 155 g/mol. The summed E-state index contributed by atoms with van der Waals surface area (Å²) in [7, 11) is 0. The van der Waals surface area contributed by atoms with Crippen molar-refractivity contribution in [2.45, 2.75) is 45.6 Å². The van der Waals surface area contributed by atoms with Crippen LogP contribution >= 0.6 is 0 Å². The molecule has 0 aromatic carbocycles. The van der Waals surface area contributed by atoms with E-state index >= 15 is 0 Å². The van der Waals surface area contributed by atoms with Gasteiger partial charge in [-0.3, -0.25) is 0 Å². The van der Waals surface area contributed by atoms with Crippen LogP contribution in [0.15, 0.2) is 0 Å². The second-order valence-corrected chi connectivity index (χ2v) is 4.49. The summed E-state index contributed by atoms with van der Waals surface area (Å²) >= 11 is 0. The Morgan fingerprint density at radius 2 is 1.64 bits per heavy atom. The Morgan fingerprint density at radius 1 is 1.18 bits per heavy atom. The maximum absolute atomic E-state index is 9.27. The van der Waals surface area contributed by atoms with Crippen LogP contribution in [0.4, 0.5) is 0 Å². The smallest absolute Gasteiger partial charge is 0.103 e. The Bertz CT molecular complexity index is 115. The van der Waals surface area contributed by atoms with E-state index in [1.165, 1.54) is 0 Å². The van der Waals surface area contributed by atoms with E-state index in [2.05, 4.69) is 20.8 Å². The van der Waals surface area contributed by atoms with Crippen LogP contribution in [0, 0.1) is 18.3 Å². The first-order chi connectivity index (χ1) is 5.00. The van der Waals surface area contributed by atoms with Gasteiger partial charge in [0, 0.05) is 5.92 Å². The Balaban J connectivity index is 2.39. The van der Waals surface area contributed by atoms with E-state index in [1.54, 1.807) is 0 Å². The molecule has 1 aliphatic rings. The molecule has 0 aromatic heterocycles. The molecule has 0 saturated heterocycles. The average Bonchev–Trinajstić information content (AvgIpc) is 1.86. The molecule has 11 heavy (non-hydrogen) atoms. The number of hydrogen-bond acceptors (Lipinski definition) is 1. The van der Waals surface area contributed by atoms with Gasteiger partial charge in [0.15, 0.2) is 0 Å². The summed E-state index contributed by atoms with van der Waals surface area (Å²) in [6, 6.07) is 0. The second kappa shape index (κ2) is 3.06. The van der Waals surface area contributed by atoms with Crippen molar-refractivity contribution in [3.05, 3.63) is 6.92 Å². The first-order valence-electron chi connectivity index (χ1n) is 4.53. The minimum atomic E-state index is -0.0337. The van der Waals surface area contributed by atoms with Gasteiger partial charge in [-0.15, -0.1) is 0 Å². The number of aliphatic hydroxyl groups is 1. The molecule has 1 fully saturated rings. The van der Waals surface area contributed by atoms with Crippen molar-refractivity contribution >= 4 is 0 Å². The summed E-state index contributed by atoms with van der Waals surface area (Å²) in [5.41, 5.74) is 0.195. The molecular weight excluding hydrogens is 136 g/mol. The zero-order valence-corrected chi connectivity index (χ0v) is 7.64. The second-order valence-electron chi connectivity index (χ2n) is 4.49. The van der Waals surface area contributed by atoms with Gasteiger partial charge in [0.1, 0.15) is 5.41 Å². The van der Waals surface area contributed by atoms with E-state index in [4.69, 9.17) is 0 Å². The molecule has 0 atom stereocenters. The summed E-state index contributed by atoms with van der Waals surface area (Å²) in [4.78, 5) is 0. The fourth-order valence-corrected chi connectivity index (χ4v) is 1.86. The third-order valence-electron chi connectivity index (χ3n) is 2.80. The maximum Gasteiger partial charge on any atom is 0.103 e. The van der Waals surface area contributed by atoms with Crippen LogP contribution in [-0.4, -0.2) is 11.2 Å². The summed E-state index contributed by atoms with van der Waals surface area (Å²) in [6.45, 7) is 8.52. The molecule has 0 amide bonds. The maximum atomic E-state index is 9.27. The third-order valence-corrected chi connectivity index (χ3v) is 2.80. The minimum absolute atomic E-state index is 0.0337. The fraction of sp³-hybridized carbons (Fsp3) is 0.900. The van der Waals surface area contributed by atoms with Crippen LogP contribution < -0.4 is 0 Å². The topological polar surface area (TPSA) is 20.2 Å². The summed E-state index contributed by atoms with van der Waals surface area (Å²) in [5.74, 6) is 0.714. The Hall–Kier alpha value is -0.170. The van der Waals surface area contributed by atoms with Crippen LogP contribution in [0.25, 0.3) is 0 Å². The van der Waals surface area contributed by atoms with Crippen molar-refractivity contribution in [3.63, 3.8) is 0 Å². The first-order valence-corrected chi connectivity index (χ1v) is 4.53. The van der Waals surface area contributed by atoms with Crippen molar-refractivity contribution in [3.8, 4) is 0 Å². The van der Waals surface area contributed by atoms with Gasteiger partial charge in [-0.05, 0) is 39.5 Å². The molecule has 0 radical (unpaired) electrons. The molecule has 0 spiro atoms. The van der Waals surface area contributed by atoms with E-state index in [0.717, 1.165) is 25.7 Å². The van der Waals surface area contributed by atoms with Gasteiger partial charge in [0.25, 0.3) is 0 Å². The molecule has 0 unspecified atom stereocenters. The van der Waals surface area contributed by atoms with E-state index in [1.807, 2.05) is 0 Å². The highest BCUT2D eigenvalue weighted by Crippen LogP contribution is 2.37. The van der Waals surface area contributed by atoms with Crippen molar-refractivity contribution < 1.29 is 5.11 Å². The number of aliphatic hydroxyl groups excluding tert-OH is 1. The predicted molar refractivity (Wildman–Crippen MR) is 47.1 cm³/mol. The van der Waals surface area contributed by atoms with E-state index in [-0.39, 0.29) is 11.5 Å². The quantitative estimate of drug-likeness (QED) is 0.576. The summed E-state index contributed by atoms with van der Waals surface area (Å²) in [6.07, 6.45) is 4.22. The summed E-state index contributed by atoms with van der Waals surface area (Å²) in [5, 5.41) is 9.27. The van der Waals surface area contributed by atoms with Crippen molar-refractivity contribution in [2.24, 2.45) is 11.3 Å². The molecule has 1 nitrogen and oxygen atoms in total. The number of hydrogen-bond donors (Lipinski definition) is 1. The lowest BCUT2D eigenvalue weighted by molar-refractivity contribution is 0.0804. The standard InChI is InChI=1S/C10H19O/c1-10(2,3)8-4-6-9(11)7-5-8/h8-9,11H,1,4-7H2,2-3H3/q+1. The normalized spacial score (nSPS) is 33.7. The van der Waals surface area contributed by atoms with E-state index in [0.29, 0.717) is 5.92 Å². The highest BCUT2D eigenvalue weighted by atomic mass is 16.3. The number of rotatable bonds is 1. The Morgan fingerprint density at radius 3 is 2.00 bits per heavy atom. The van der Waals surface area contributed by atoms with Crippen molar-refractivity contribution in [1.82, 2.24) is 0 Å². The van der Waals surface area contributed by atoms with E-state index in [9.17, 15) is 5.11 Å². The molecule has 1 aliphatic carbocycles. The summed E-state index contributed by atoms with van der Waals surface area (Å²) < 4.78 is 0. The molecule has 0 heterocycles. The van der Waals surface area contributed by atoms with Crippen LogP contribution in [0.3, 0.4) is 0 Å². The third kappa shape index (κ3) is 2.41. The van der Waals surface area contributed by atoms with Crippen LogP contribution in [0.1, 0.15) is 39.5 Å². The molecule has 1 rings (SSSR count). The monoisotopic (exact) mass is 155 g/mol. The first kappa shape index (κ1) is 8.92. The Kier molecular flexibility index (Phi) is 2.48. The zero-order chi connectivity index (χ0) is 8.48. The molecule has 0 aromatic rings. The SMILES string of the molecule is [CH2+]C(C)(C)C1CCC(O)CC1. The van der Waals surface area contributed by atoms with Gasteiger partial charge in [0.05, 0.1) is 13.0 Å². The molecule has 0 bridgehead atoms. The molecular formula is C10H19O+. The van der Waals surface area contributed by atoms with Crippen LogP contribution in [0.2, 0.25) is 0 Å². The molecule has 0 aliphatic heterocycles. The molecule has 1 saturated carbocycles. The Labute approximate surface area is 69.8 Å². The molecule has 1 N–H and O–H groups in total. The molecule has 1 heteroatoms. The zero-order valence-electron chi connectivity index (χ0n) is 7.64. The van der Waals surface area contributed by atoms with Gasteiger partial charge in [-0.1, -0.05) is 0 Å². The predicted octanol–water partition coefficient (Wildman–Crippen LogP) is 2.40. The highest BCUT2D eigenvalue weighted by Gasteiger charge is 2.33. The van der Waals surface area contributed by atoms with Crippen LogP contribution in [-0.2, 0) is 0 Å². The van der Waals surface area contributed by atoms with E-state index < -0.39 is 0 Å². The van der Waals surface area contributed by atoms with Crippen molar-refractivity contribution in [2.75, 3.05) is 0 Å².